The van der Waals surface area contributed by atoms with Gasteiger partial charge in [-0.15, -0.1) is 0 Å². The van der Waals surface area contributed by atoms with Crippen LogP contribution in [-0.2, 0) is 0 Å². The predicted molar refractivity (Wildman–Crippen MR) is 56.5 cm³/mol. The SMILES string of the molecule is FC(F)COc1ccc(Br)cn1.OCC(F)F. The van der Waals surface area contributed by atoms with Gasteiger partial charge in [-0.1, -0.05) is 0 Å². The summed E-state index contributed by atoms with van der Waals surface area (Å²) in [5, 5.41) is 7.39. The summed E-state index contributed by atoms with van der Waals surface area (Å²) >= 11 is 3.16. The van der Waals surface area contributed by atoms with Gasteiger partial charge < -0.3 is 9.84 Å². The zero-order chi connectivity index (χ0) is 13.3. The Morgan fingerprint density at radius 1 is 1.24 bits per heavy atom. The first-order chi connectivity index (χ1) is 7.95. The second kappa shape index (κ2) is 9.17. The van der Waals surface area contributed by atoms with Crippen molar-refractivity contribution in [2.75, 3.05) is 13.2 Å². The van der Waals surface area contributed by atoms with Crippen molar-refractivity contribution in [3.8, 4) is 5.88 Å². The summed E-state index contributed by atoms with van der Waals surface area (Å²) in [7, 11) is 0. The molecule has 0 aliphatic heterocycles. The second-order valence-electron chi connectivity index (χ2n) is 2.59. The molecule has 1 N–H and O–H groups in total. The normalized spacial score (nSPS) is 10.1. The zero-order valence-corrected chi connectivity index (χ0v) is 10.1. The molecule has 0 aliphatic carbocycles. The standard InChI is InChI=1S/C7H6BrF2NO.C2H4F2O/c8-5-1-2-7(11-3-5)12-4-6(9)10;3-2(4)1-5/h1-3,6H,4H2;2,5H,1H2. The van der Waals surface area contributed by atoms with Crippen molar-refractivity contribution in [2.45, 2.75) is 12.9 Å². The van der Waals surface area contributed by atoms with Crippen molar-refractivity contribution in [1.82, 2.24) is 4.98 Å². The third kappa shape index (κ3) is 10.0. The lowest BCUT2D eigenvalue weighted by Crippen LogP contribution is -2.07. The van der Waals surface area contributed by atoms with Crippen LogP contribution in [0.25, 0.3) is 0 Å². The molecule has 3 nitrogen and oxygen atoms in total. The van der Waals surface area contributed by atoms with Gasteiger partial charge in [-0.05, 0) is 22.0 Å². The first-order valence-electron chi connectivity index (χ1n) is 4.37. The summed E-state index contributed by atoms with van der Waals surface area (Å²) in [6, 6.07) is 3.19. The number of alkyl halides is 4. The van der Waals surface area contributed by atoms with Crippen LogP contribution in [0.3, 0.4) is 0 Å². The summed E-state index contributed by atoms with van der Waals surface area (Å²) in [6.07, 6.45) is -3.54. The third-order valence-corrected chi connectivity index (χ3v) is 1.66. The topological polar surface area (TPSA) is 42.4 Å². The Labute approximate surface area is 104 Å². The molecule has 0 bridgehead atoms. The van der Waals surface area contributed by atoms with E-state index in [9.17, 15) is 17.6 Å². The molecule has 0 spiro atoms. The van der Waals surface area contributed by atoms with Gasteiger partial charge in [0, 0.05) is 16.7 Å². The molecule has 0 amide bonds. The number of hydrogen-bond donors (Lipinski definition) is 1. The maximum absolute atomic E-state index is 11.6. The van der Waals surface area contributed by atoms with Crippen LogP contribution in [0.15, 0.2) is 22.8 Å². The van der Waals surface area contributed by atoms with Crippen LogP contribution in [-0.4, -0.2) is 36.2 Å². The highest BCUT2D eigenvalue weighted by molar-refractivity contribution is 9.10. The Bertz CT molecular complexity index is 298. The van der Waals surface area contributed by atoms with Crippen molar-refractivity contribution in [2.24, 2.45) is 0 Å². The van der Waals surface area contributed by atoms with Crippen molar-refractivity contribution < 1.29 is 27.4 Å². The largest absolute Gasteiger partial charge is 0.472 e. The number of hydrogen-bond acceptors (Lipinski definition) is 3. The quantitative estimate of drug-likeness (QED) is 0.868. The molecule has 1 heterocycles. The highest BCUT2D eigenvalue weighted by Gasteiger charge is 2.03. The molecule has 8 heteroatoms. The molecule has 1 aromatic heterocycles. The summed E-state index contributed by atoms with van der Waals surface area (Å²) in [6.45, 7) is -1.64. The van der Waals surface area contributed by atoms with Crippen molar-refractivity contribution in [3.63, 3.8) is 0 Å². The van der Waals surface area contributed by atoms with Gasteiger partial charge in [0.2, 0.25) is 5.88 Å². The van der Waals surface area contributed by atoms with E-state index in [1.54, 1.807) is 6.07 Å². The Kier molecular flexibility index (Phi) is 8.69. The van der Waals surface area contributed by atoms with Crippen LogP contribution < -0.4 is 4.74 Å². The number of ether oxygens (including phenoxy) is 1. The fourth-order valence-electron chi connectivity index (χ4n) is 0.596. The van der Waals surface area contributed by atoms with E-state index in [1.807, 2.05) is 0 Å². The van der Waals surface area contributed by atoms with Crippen LogP contribution in [0.4, 0.5) is 17.6 Å². The molecule has 1 aromatic rings. The molecule has 0 unspecified atom stereocenters. The van der Waals surface area contributed by atoms with Gasteiger partial charge in [-0.3, -0.25) is 0 Å². The monoisotopic (exact) mass is 319 g/mol. The van der Waals surface area contributed by atoms with Crippen LogP contribution in [0, 0.1) is 0 Å². The number of nitrogens with zero attached hydrogens (tertiary/aromatic N) is 1. The van der Waals surface area contributed by atoms with E-state index in [2.05, 4.69) is 25.7 Å². The summed E-state index contributed by atoms with van der Waals surface area (Å²) < 4.78 is 49.7. The molecular formula is C9H10BrF4NO2. The molecule has 98 valence electrons. The average Bonchev–Trinajstić information content (AvgIpc) is 2.29. The minimum absolute atomic E-state index is 0.207. The highest BCUT2D eigenvalue weighted by Crippen LogP contribution is 2.12. The van der Waals surface area contributed by atoms with E-state index in [4.69, 9.17) is 5.11 Å². The van der Waals surface area contributed by atoms with Gasteiger partial charge in [-0.25, -0.2) is 22.5 Å². The summed E-state index contributed by atoms with van der Waals surface area (Å²) in [5.74, 6) is 0.207. The molecule has 0 aromatic carbocycles. The van der Waals surface area contributed by atoms with E-state index in [-0.39, 0.29) is 5.88 Å². The minimum atomic E-state index is -2.56. The highest BCUT2D eigenvalue weighted by atomic mass is 79.9. The van der Waals surface area contributed by atoms with E-state index >= 15 is 0 Å². The fraction of sp³-hybridized carbons (Fsp3) is 0.444. The van der Waals surface area contributed by atoms with E-state index in [1.165, 1.54) is 12.3 Å². The van der Waals surface area contributed by atoms with Gasteiger partial charge in [-0.2, -0.15) is 0 Å². The minimum Gasteiger partial charge on any atom is -0.472 e. The molecular weight excluding hydrogens is 310 g/mol. The van der Waals surface area contributed by atoms with Crippen molar-refractivity contribution in [3.05, 3.63) is 22.8 Å². The molecule has 0 aliphatic rings. The Morgan fingerprint density at radius 3 is 2.18 bits per heavy atom. The first-order valence-corrected chi connectivity index (χ1v) is 5.16. The van der Waals surface area contributed by atoms with Crippen LogP contribution >= 0.6 is 15.9 Å². The number of aliphatic hydroxyl groups excluding tert-OH is 1. The molecule has 0 fully saturated rings. The number of pyridine rings is 1. The zero-order valence-electron chi connectivity index (χ0n) is 8.49. The second-order valence-corrected chi connectivity index (χ2v) is 3.51. The average molecular weight is 320 g/mol. The fourth-order valence-corrected chi connectivity index (χ4v) is 0.831. The number of halogens is 5. The van der Waals surface area contributed by atoms with Gasteiger partial charge >= 0.3 is 0 Å². The molecule has 0 atom stereocenters. The lowest BCUT2D eigenvalue weighted by atomic mass is 10.5. The van der Waals surface area contributed by atoms with Crippen molar-refractivity contribution >= 4 is 15.9 Å². The Hall–Kier alpha value is -0.890. The molecule has 0 saturated carbocycles. The van der Waals surface area contributed by atoms with Gasteiger partial charge in [0.15, 0.2) is 6.61 Å². The van der Waals surface area contributed by atoms with Crippen LogP contribution in [0.2, 0.25) is 0 Å². The maximum atomic E-state index is 11.6. The van der Waals surface area contributed by atoms with Crippen LogP contribution in [0.1, 0.15) is 0 Å². The number of aromatic nitrogens is 1. The lowest BCUT2D eigenvalue weighted by Gasteiger charge is -2.02. The summed E-state index contributed by atoms with van der Waals surface area (Å²) in [5.41, 5.74) is 0. The van der Waals surface area contributed by atoms with Gasteiger partial charge in [0.25, 0.3) is 12.9 Å². The molecule has 17 heavy (non-hydrogen) atoms. The molecule has 0 radical (unpaired) electrons. The van der Waals surface area contributed by atoms with Gasteiger partial charge in [0.1, 0.15) is 6.61 Å². The van der Waals surface area contributed by atoms with Gasteiger partial charge in [0.05, 0.1) is 0 Å². The molecule has 0 saturated heterocycles. The first kappa shape index (κ1) is 16.1. The Balaban J connectivity index is 0.000000437. The number of aliphatic hydroxyl groups is 1. The van der Waals surface area contributed by atoms with E-state index in [0.29, 0.717) is 0 Å². The summed E-state index contributed by atoms with van der Waals surface area (Å²) in [4.78, 5) is 3.75. The van der Waals surface area contributed by atoms with Crippen molar-refractivity contribution in [1.29, 1.82) is 0 Å². The Morgan fingerprint density at radius 2 is 1.82 bits per heavy atom. The maximum Gasteiger partial charge on any atom is 0.272 e. The van der Waals surface area contributed by atoms with E-state index in [0.717, 1.165) is 4.47 Å². The lowest BCUT2D eigenvalue weighted by molar-refractivity contribution is 0.0700. The molecule has 1 rings (SSSR count). The number of rotatable bonds is 4. The predicted octanol–water partition coefficient (Wildman–Crippen LogP) is 2.73. The smallest absolute Gasteiger partial charge is 0.272 e. The third-order valence-electron chi connectivity index (χ3n) is 1.20. The van der Waals surface area contributed by atoms with Crippen LogP contribution in [0.5, 0.6) is 5.88 Å². The van der Waals surface area contributed by atoms with E-state index < -0.39 is 26.1 Å².